The van der Waals surface area contributed by atoms with Crippen molar-refractivity contribution in [1.82, 2.24) is 9.97 Å². The zero-order valence-electron chi connectivity index (χ0n) is 10.3. The van der Waals surface area contributed by atoms with E-state index in [1.807, 2.05) is 30.3 Å². The van der Waals surface area contributed by atoms with E-state index in [9.17, 15) is 0 Å². The molecule has 96 valence electrons. The third-order valence-electron chi connectivity index (χ3n) is 2.96. The molecule has 0 fully saturated rings. The predicted octanol–water partition coefficient (Wildman–Crippen LogP) is 3.47. The third kappa shape index (κ3) is 2.11. The maximum atomic E-state index is 6.01. The number of nitrogen functional groups attached to an aromatic ring is 1. The van der Waals surface area contributed by atoms with E-state index in [0.717, 1.165) is 28.2 Å². The van der Waals surface area contributed by atoms with Gasteiger partial charge in [0.25, 0.3) is 0 Å². The minimum absolute atomic E-state index is 0.615. The van der Waals surface area contributed by atoms with Crippen LogP contribution in [0, 0.1) is 0 Å². The molecule has 0 saturated carbocycles. The number of nitrogens with two attached hydrogens (primary N) is 1. The van der Waals surface area contributed by atoms with E-state index in [1.54, 1.807) is 13.2 Å². The molecule has 2 aromatic carbocycles. The first-order valence-electron chi connectivity index (χ1n) is 5.76. The molecule has 0 unspecified atom stereocenters. The Kier molecular flexibility index (Phi) is 2.80. The summed E-state index contributed by atoms with van der Waals surface area (Å²) in [5.74, 6) is 1.44. The molecule has 0 spiro atoms. The van der Waals surface area contributed by atoms with Crippen LogP contribution >= 0.6 is 11.6 Å². The van der Waals surface area contributed by atoms with Gasteiger partial charge in [0, 0.05) is 22.3 Å². The van der Waals surface area contributed by atoms with Gasteiger partial charge in [-0.1, -0.05) is 11.6 Å². The number of methoxy groups -OCH3 is 1. The Morgan fingerprint density at radius 1 is 1.21 bits per heavy atom. The van der Waals surface area contributed by atoms with Gasteiger partial charge in [-0.05, 0) is 30.3 Å². The first-order valence-corrected chi connectivity index (χ1v) is 6.14. The Morgan fingerprint density at radius 3 is 2.79 bits per heavy atom. The summed E-state index contributed by atoms with van der Waals surface area (Å²) in [5.41, 5.74) is 9.21. The summed E-state index contributed by atoms with van der Waals surface area (Å²) in [5, 5.41) is 0.672. The number of fused-ring (bicyclic) bond motifs is 1. The molecule has 0 atom stereocenters. The fourth-order valence-corrected chi connectivity index (χ4v) is 2.16. The molecule has 0 aliphatic carbocycles. The molecule has 0 radical (unpaired) electrons. The second-order valence-corrected chi connectivity index (χ2v) is 4.64. The molecule has 1 aromatic heterocycles. The van der Waals surface area contributed by atoms with Crippen LogP contribution in [0.15, 0.2) is 36.4 Å². The average Bonchev–Trinajstić information content (AvgIpc) is 2.81. The lowest BCUT2D eigenvalue weighted by atomic mass is 10.1. The number of halogens is 1. The molecular formula is C14H12ClN3O. The highest BCUT2D eigenvalue weighted by Gasteiger charge is 2.09. The molecule has 0 aliphatic rings. The Hall–Kier alpha value is -2.20. The number of aromatic nitrogens is 2. The summed E-state index contributed by atoms with van der Waals surface area (Å²) < 4.78 is 5.13. The molecule has 19 heavy (non-hydrogen) atoms. The highest BCUT2D eigenvalue weighted by Crippen LogP contribution is 2.29. The van der Waals surface area contributed by atoms with Crippen LogP contribution in [0.3, 0.4) is 0 Å². The van der Waals surface area contributed by atoms with Crippen LogP contribution in [-0.4, -0.2) is 17.1 Å². The van der Waals surface area contributed by atoms with E-state index in [0.29, 0.717) is 10.7 Å². The number of H-pyrrole nitrogens is 1. The van der Waals surface area contributed by atoms with Crippen LogP contribution in [0.2, 0.25) is 5.02 Å². The van der Waals surface area contributed by atoms with Gasteiger partial charge < -0.3 is 15.5 Å². The molecule has 0 amide bonds. The van der Waals surface area contributed by atoms with Gasteiger partial charge >= 0.3 is 0 Å². The summed E-state index contributed by atoms with van der Waals surface area (Å²) in [4.78, 5) is 7.72. The fraction of sp³-hybridized carbons (Fsp3) is 0.0714. The van der Waals surface area contributed by atoms with E-state index >= 15 is 0 Å². The number of ether oxygens (including phenoxy) is 1. The summed E-state index contributed by atoms with van der Waals surface area (Å²) in [6.45, 7) is 0. The van der Waals surface area contributed by atoms with Crippen molar-refractivity contribution in [2.45, 2.75) is 0 Å². The number of rotatable bonds is 2. The van der Waals surface area contributed by atoms with Gasteiger partial charge in [-0.25, -0.2) is 4.98 Å². The third-order valence-corrected chi connectivity index (χ3v) is 3.19. The maximum absolute atomic E-state index is 6.01. The van der Waals surface area contributed by atoms with Crippen molar-refractivity contribution in [3.05, 3.63) is 41.4 Å². The zero-order valence-corrected chi connectivity index (χ0v) is 11.0. The number of imidazole rings is 1. The first-order chi connectivity index (χ1) is 9.17. The highest BCUT2D eigenvalue weighted by atomic mass is 35.5. The zero-order chi connectivity index (χ0) is 13.4. The molecule has 1 heterocycles. The fourth-order valence-electron chi connectivity index (χ4n) is 1.99. The molecular weight excluding hydrogens is 262 g/mol. The summed E-state index contributed by atoms with van der Waals surface area (Å²) in [6, 6.07) is 11.0. The first kappa shape index (κ1) is 11.9. The predicted molar refractivity (Wildman–Crippen MR) is 77.5 cm³/mol. The SMILES string of the molecule is COc1ccc(-c2nc3ccc(Cl)cc3[nH]2)c(N)c1. The minimum Gasteiger partial charge on any atom is -0.497 e. The second kappa shape index (κ2) is 4.48. The molecule has 0 bridgehead atoms. The van der Waals surface area contributed by atoms with Crippen molar-refractivity contribution in [1.29, 1.82) is 0 Å². The molecule has 3 aromatic rings. The van der Waals surface area contributed by atoms with Crippen LogP contribution < -0.4 is 10.5 Å². The van der Waals surface area contributed by atoms with Gasteiger partial charge in [-0.15, -0.1) is 0 Å². The van der Waals surface area contributed by atoms with Crippen LogP contribution in [0.5, 0.6) is 5.75 Å². The Balaban J connectivity index is 2.13. The van der Waals surface area contributed by atoms with Gasteiger partial charge in [0.1, 0.15) is 11.6 Å². The van der Waals surface area contributed by atoms with Gasteiger partial charge in [-0.2, -0.15) is 0 Å². The summed E-state index contributed by atoms with van der Waals surface area (Å²) >= 11 is 5.96. The number of hydrogen-bond donors (Lipinski definition) is 2. The van der Waals surface area contributed by atoms with Gasteiger partial charge in [0.15, 0.2) is 0 Å². The topological polar surface area (TPSA) is 63.9 Å². The lowest BCUT2D eigenvalue weighted by Crippen LogP contribution is -1.93. The molecule has 0 aliphatic heterocycles. The lowest BCUT2D eigenvalue weighted by molar-refractivity contribution is 0.415. The number of aromatic amines is 1. The van der Waals surface area contributed by atoms with Crippen LogP contribution in [0.4, 0.5) is 5.69 Å². The maximum Gasteiger partial charge on any atom is 0.140 e. The van der Waals surface area contributed by atoms with Crippen LogP contribution in [0.25, 0.3) is 22.4 Å². The van der Waals surface area contributed by atoms with Crippen molar-refractivity contribution in [2.24, 2.45) is 0 Å². The quantitative estimate of drug-likeness (QED) is 0.703. The Bertz CT molecular complexity index is 752. The van der Waals surface area contributed by atoms with Crippen molar-refractivity contribution in [3.8, 4) is 17.1 Å². The molecule has 5 heteroatoms. The van der Waals surface area contributed by atoms with Crippen molar-refractivity contribution in [3.63, 3.8) is 0 Å². The van der Waals surface area contributed by atoms with Gasteiger partial charge in [0.2, 0.25) is 0 Å². The summed E-state index contributed by atoms with van der Waals surface area (Å²) in [7, 11) is 1.61. The van der Waals surface area contributed by atoms with Gasteiger partial charge in [0.05, 0.1) is 18.1 Å². The number of nitrogens with zero attached hydrogens (tertiary/aromatic N) is 1. The average molecular weight is 274 g/mol. The number of anilines is 1. The molecule has 3 rings (SSSR count). The monoisotopic (exact) mass is 273 g/mol. The van der Waals surface area contributed by atoms with Crippen molar-refractivity contribution in [2.75, 3.05) is 12.8 Å². The molecule has 4 nitrogen and oxygen atoms in total. The van der Waals surface area contributed by atoms with Gasteiger partial charge in [-0.3, -0.25) is 0 Å². The minimum atomic E-state index is 0.615. The Labute approximate surface area is 115 Å². The van der Waals surface area contributed by atoms with E-state index in [2.05, 4.69) is 9.97 Å². The number of hydrogen-bond acceptors (Lipinski definition) is 3. The summed E-state index contributed by atoms with van der Waals surface area (Å²) in [6.07, 6.45) is 0. The molecule has 0 saturated heterocycles. The number of benzene rings is 2. The largest absolute Gasteiger partial charge is 0.497 e. The lowest BCUT2D eigenvalue weighted by Gasteiger charge is -2.05. The van der Waals surface area contributed by atoms with E-state index in [1.165, 1.54) is 0 Å². The van der Waals surface area contributed by atoms with E-state index in [4.69, 9.17) is 22.1 Å². The second-order valence-electron chi connectivity index (χ2n) is 4.20. The van der Waals surface area contributed by atoms with E-state index < -0.39 is 0 Å². The van der Waals surface area contributed by atoms with Crippen LogP contribution in [0.1, 0.15) is 0 Å². The van der Waals surface area contributed by atoms with Crippen LogP contribution in [-0.2, 0) is 0 Å². The Morgan fingerprint density at radius 2 is 2.05 bits per heavy atom. The number of nitrogens with one attached hydrogen (secondary N) is 1. The standard InChI is InChI=1S/C14H12ClN3O/c1-19-9-3-4-10(11(16)7-9)14-17-12-5-2-8(15)6-13(12)18-14/h2-7H,16H2,1H3,(H,17,18). The smallest absolute Gasteiger partial charge is 0.140 e. The highest BCUT2D eigenvalue weighted by molar-refractivity contribution is 6.31. The molecule has 3 N–H and O–H groups in total. The van der Waals surface area contributed by atoms with Crippen molar-refractivity contribution >= 4 is 28.3 Å². The van der Waals surface area contributed by atoms with E-state index in [-0.39, 0.29) is 0 Å². The normalized spacial score (nSPS) is 10.8. The van der Waals surface area contributed by atoms with Crippen molar-refractivity contribution < 1.29 is 4.74 Å².